The maximum atomic E-state index is 4.38. The highest BCUT2D eigenvalue weighted by atomic mass is 15.0. The molecule has 0 N–H and O–H groups in total. The Morgan fingerprint density at radius 2 is 2.06 bits per heavy atom. The van der Waals surface area contributed by atoms with Crippen LogP contribution in [0, 0.1) is 13.8 Å². The Morgan fingerprint density at radius 3 is 2.88 bits per heavy atom. The normalized spacial score (nSPS) is 14.4. The van der Waals surface area contributed by atoms with Crippen LogP contribution in [0.2, 0.25) is 0 Å². The van der Waals surface area contributed by atoms with Crippen molar-refractivity contribution in [3.05, 3.63) is 34.5 Å². The molecule has 0 bridgehead atoms. The van der Waals surface area contributed by atoms with Crippen LogP contribution in [0.5, 0.6) is 0 Å². The van der Waals surface area contributed by atoms with Crippen molar-refractivity contribution in [3.8, 4) is 0 Å². The molecule has 1 aliphatic heterocycles. The van der Waals surface area contributed by atoms with E-state index >= 15 is 0 Å². The molecule has 3 rings (SSSR count). The maximum absolute atomic E-state index is 4.38. The van der Waals surface area contributed by atoms with E-state index in [1.807, 2.05) is 6.21 Å². The van der Waals surface area contributed by atoms with Gasteiger partial charge in [0.1, 0.15) is 0 Å². The molecule has 0 fully saturated rings. The highest BCUT2D eigenvalue weighted by Crippen LogP contribution is 2.30. The lowest BCUT2D eigenvalue weighted by Gasteiger charge is -2.06. The van der Waals surface area contributed by atoms with Gasteiger partial charge in [-0.1, -0.05) is 6.07 Å². The summed E-state index contributed by atoms with van der Waals surface area (Å²) >= 11 is 0. The molecule has 82 valence electrons. The number of benzene rings is 1. The lowest BCUT2D eigenvalue weighted by molar-refractivity contribution is 0.897. The molecule has 1 aromatic carbocycles. The molecule has 1 aliphatic rings. The summed E-state index contributed by atoms with van der Waals surface area (Å²) in [5.74, 6) is 0. The van der Waals surface area contributed by atoms with Crippen molar-refractivity contribution in [1.29, 1.82) is 0 Å². The maximum Gasteiger partial charge on any atom is 0.0629 e. The number of fused-ring (bicyclic) bond motifs is 3. The molecule has 0 saturated carbocycles. The Morgan fingerprint density at radius 1 is 1.25 bits per heavy atom. The second-order valence-corrected chi connectivity index (χ2v) is 4.68. The molecule has 2 aromatic rings. The minimum absolute atomic E-state index is 0.930. The van der Waals surface area contributed by atoms with Crippen molar-refractivity contribution in [2.75, 3.05) is 6.54 Å². The van der Waals surface area contributed by atoms with E-state index in [0.717, 1.165) is 13.0 Å². The summed E-state index contributed by atoms with van der Waals surface area (Å²) < 4.78 is 2.27. The number of aromatic nitrogens is 1. The predicted octanol–water partition coefficient (Wildman–Crippen LogP) is 2.77. The van der Waals surface area contributed by atoms with Gasteiger partial charge in [-0.3, -0.25) is 4.99 Å². The van der Waals surface area contributed by atoms with E-state index < -0.39 is 0 Å². The van der Waals surface area contributed by atoms with Gasteiger partial charge in [0.15, 0.2) is 0 Å². The molecule has 0 aliphatic carbocycles. The molecule has 0 atom stereocenters. The van der Waals surface area contributed by atoms with E-state index in [2.05, 4.69) is 42.6 Å². The van der Waals surface area contributed by atoms with Crippen LogP contribution in [-0.2, 0) is 13.5 Å². The summed E-state index contributed by atoms with van der Waals surface area (Å²) in [5.41, 5.74) is 6.83. The third-order valence-corrected chi connectivity index (χ3v) is 3.50. The van der Waals surface area contributed by atoms with Gasteiger partial charge < -0.3 is 4.57 Å². The molecule has 0 radical (unpaired) electrons. The lowest BCUT2D eigenvalue weighted by atomic mass is 10.0. The third kappa shape index (κ3) is 1.16. The molecule has 0 spiro atoms. The minimum atomic E-state index is 0.930. The van der Waals surface area contributed by atoms with Gasteiger partial charge in [-0.15, -0.1) is 0 Å². The van der Waals surface area contributed by atoms with Crippen molar-refractivity contribution >= 4 is 17.1 Å². The fourth-order valence-electron chi connectivity index (χ4n) is 2.81. The third-order valence-electron chi connectivity index (χ3n) is 3.50. The topological polar surface area (TPSA) is 17.3 Å². The summed E-state index contributed by atoms with van der Waals surface area (Å²) in [5, 5.41) is 1.44. The summed E-state index contributed by atoms with van der Waals surface area (Å²) in [4.78, 5) is 4.38. The fraction of sp³-hybridized carbons (Fsp3) is 0.357. The van der Waals surface area contributed by atoms with Gasteiger partial charge in [-0.2, -0.15) is 0 Å². The van der Waals surface area contributed by atoms with Gasteiger partial charge in [0.25, 0.3) is 0 Å². The Kier molecular flexibility index (Phi) is 1.93. The summed E-state index contributed by atoms with van der Waals surface area (Å²) in [6, 6.07) is 4.54. The Bertz CT molecular complexity index is 603. The van der Waals surface area contributed by atoms with Crippen molar-refractivity contribution in [2.24, 2.45) is 12.0 Å². The Labute approximate surface area is 95.6 Å². The Balaban J connectivity index is 2.50. The minimum Gasteiger partial charge on any atom is -0.343 e. The van der Waals surface area contributed by atoms with Gasteiger partial charge >= 0.3 is 0 Å². The first-order valence-corrected chi connectivity index (χ1v) is 5.77. The van der Waals surface area contributed by atoms with E-state index in [-0.39, 0.29) is 0 Å². The number of hydrogen-bond donors (Lipinski definition) is 0. The summed E-state index contributed by atoms with van der Waals surface area (Å²) in [6.07, 6.45) is 3.10. The van der Waals surface area contributed by atoms with Gasteiger partial charge in [-0.05, 0) is 43.0 Å². The fourth-order valence-corrected chi connectivity index (χ4v) is 2.81. The number of aliphatic imine (C=N–C) groups is 1. The smallest absolute Gasteiger partial charge is 0.0629 e. The average Bonchev–Trinajstić information content (AvgIpc) is 2.54. The molecule has 2 heteroatoms. The van der Waals surface area contributed by atoms with Crippen LogP contribution in [0.1, 0.15) is 22.4 Å². The first-order valence-electron chi connectivity index (χ1n) is 5.77. The van der Waals surface area contributed by atoms with Crippen LogP contribution in [0.25, 0.3) is 10.9 Å². The number of rotatable bonds is 0. The predicted molar refractivity (Wildman–Crippen MR) is 68.6 cm³/mol. The van der Waals surface area contributed by atoms with E-state index in [4.69, 9.17) is 0 Å². The lowest BCUT2D eigenvalue weighted by Crippen LogP contribution is -2.04. The van der Waals surface area contributed by atoms with Crippen LogP contribution in [0.15, 0.2) is 17.1 Å². The summed E-state index contributed by atoms with van der Waals surface area (Å²) in [6.45, 7) is 5.30. The second kappa shape index (κ2) is 3.21. The molecule has 2 nitrogen and oxygen atoms in total. The number of aryl methyl sites for hydroxylation is 3. The van der Waals surface area contributed by atoms with Crippen LogP contribution >= 0.6 is 0 Å². The van der Waals surface area contributed by atoms with Crippen LogP contribution < -0.4 is 0 Å². The molecular weight excluding hydrogens is 196 g/mol. The highest BCUT2D eigenvalue weighted by molar-refractivity contribution is 5.97. The first-order chi connectivity index (χ1) is 7.68. The zero-order valence-corrected chi connectivity index (χ0v) is 10.0. The average molecular weight is 212 g/mol. The van der Waals surface area contributed by atoms with Gasteiger partial charge in [0.05, 0.1) is 5.69 Å². The first kappa shape index (κ1) is 9.64. The molecule has 16 heavy (non-hydrogen) atoms. The molecular formula is C14H16N2. The monoisotopic (exact) mass is 212 g/mol. The van der Waals surface area contributed by atoms with Gasteiger partial charge in [-0.25, -0.2) is 0 Å². The zero-order chi connectivity index (χ0) is 11.3. The van der Waals surface area contributed by atoms with Crippen molar-refractivity contribution < 1.29 is 0 Å². The van der Waals surface area contributed by atoms with Gasteiger partial charge in [0, 0.05) is 30.7 Å². The number of hydrogen-bond acceptors (Lipinski definition) is 1. The molecule has 0 unspecified atom stereocenters. The summed E-state index contributed by atoms with van der Waals surface area (Å²) in [7, 11) is 2.14. The van der Waals surface area contributed by atoms with Crippen LogP contribution in [0.3, 0.4) is 0 Å². The standard InChI is InChI=1S/C14H16N2/c1-9-6-10(2)14-11-4-5-15-8-13(11)16(3)12(14)7-9/h6-8H,4-5H2,1-3H3. The van der Waals surface area contributed by atoms with E-state index in [1.165, 1.54) is 33.3 Å². The van der Waals surface area contributed by atoms with Crippen LogP contribution in [0.4, 0.5) is 0 Å². The van der Waals surface area contributed by atoms with Crippen molar-refractivity contribution in [2.45, 2.75) is 20.3 Å². The van der Waals surface area contributed by atoms with Crippen LogP contribution in [-0.4, -0.2) is 17.3 Å². The molecule has 0 saturated heterocycles. The molecule has 1 aromatic heterocycles. The largest absolute Gasteiger partial charge is 0.343 e. The molecule has 0 amide bonds. The Hall–Kier alpha value is -1.57. The highest BCUT2D eigenvalue weighted by Gasteiger charge is 2.17. The van der Waals surface area contributed by atoms with Crippen molar-refractivity contribution in [1.82, 2.24) is 4.57 Å². The van der Waals surface area contributed by atoms with Crippen molar-refractivity contribution in [3.63, 3.8) is 0 Å². The van der Waals surface area contributed by atoms with E-state index in [0.29, 0.717) is 0 Å². The SMILES string of the molecule is Cc1cc(C)c2c3c(n(C)c2c1)C=NCC3. The van der Waals surface area contributed by atoms with E-state index in [1.54, 1.807) is 0 Å². The number of nitrogens with zero attached hydrogens (tertiary/aromatic N) is 2. The quantitative estimate of drug-likeness (QED) is 0.639. The second-order valence-electron chi connectivity index (χ2n) is 4.68. The zero-order valence-electron chi connectivity index (χ0n) is 10.0. The van der Waals surface area contributed by atoms with Gasteiger partial charge in [0.2, 0.25) is 0 Å². The molecule has 2 heterocycles. The van der Waals surface area contributed by atoms with E-state index in [9.17, 15) is 0 Å².